The average molecular weight is 206 g/mol. The van der Waals surface area contributed by atoms with Gasteiger partial charge in [0.1, 0.15) is 5.78 Å². The van der Waals surface area contributed by atoms with E-state index in [2.05, 4.69) is 39.8 Å². The van der Waals surface area contributed by atoms with E-state index >= 15 is 0 Å². The molecule has 1 heteroatoms. The zero-order valence-corrected chi connectivity index (χ0v) is 10.6. The first-order valence-electron chi connectivity index (χ1n) is 5.73. The second kappa shape index (κ2) is 4.34. The summed E-state index contributed by atoms with van der Waals surface area (Å²) >= 11 is 0. The molecule has 1 atom stereocenters. The van der Waals surface area contributed by atoms with Crippen molar-refractivity contribution in [3.05, 3.63) is 23.3 Å². The van der Waals surface area contributed by atoms with Crippen LogP contribution in [0.15, 0.2) is 23.3 Å². The normalized spacial score (nSPS) is 24.5. The molecule has 0 saturated heterocycles. The first kappa shape index (κ1) is 12.2. The summed E-state index contributed by atoms with van der Waals surface area (Å²) in [5.74, 6) is 0.844. The van der Waals surface area contributed by atoms with Gasteiger partial charge in [0.2, 0.25) is 0 Å². The molecule has 0 aromatic rings. The van der Waals surface area contributed by atoms with Gasteiger partial charge in [-0.3, -0.25) is 0 Å². The van der Waals surface area contributed by atoms with Crippen molar-refractivity contribution >= 4 is 5.78 Å². The predicted octanol–water partition coefficient (Wildman–Crippen LogP) is 3.90. The molecule has 0 aromatic heterocycles. The molecule has 1 rings (SSSR count). The van der Waals surface area contributed by atoms with Gasteiger partial charge in [-0.1, -0.05) is 44.1 Å². The number of hydrogen-bond donors (Lipinski definition) is 0. The molecular formula is C14H22O. The van der Waals surface area contributed by atoms with Gasteiger partial charge in [0.25, 0.3) is 0 Å². The van der Waals surface area contributed by atoms with Gasteiger partial charge in [-0.2, -0.15) is 0 Å². The van der Waals surface area contributed by atoms with Gasteiger partial charge in [0, 0.05) is 6.42 Å². The van der Waals surface area contributed by atoms with Crippen LogP contribution in [0, 0.1) is 11.3 Å². The van der Waals surface area contributed by atoms with Crippen LogP contribution >= 0.6 is 0 Å². The number of rotatable bonds is 3. The van der Waals surface area contributed by atoms with Crippen LogP contribution in [0.3, 0.4) is 0 Å². The van der Waals surface area contributed by atoms with E-state index in [4.69, 9.17) is 0 Å². The highest BCUT2D eigenvalue weighted by Crippen LogP contribution is 2.42. The van der Waals surface area contributed by atoms with E-state index in [0.717, 1.165) is 6.42 Å². The Balaban J connectivity index is 2.90. The molecule has 15 heavy (non-hydrogen) atoms. The zero-order chi connectivity index (χ0) is 11.6. The number of hydrogen-bond acceptors (Lipinski definition) is 1. The summed E-state index contributed by atoms with van der Waals surface area (Å²) in [4.78, 5) is 11.0. The minimum atomic E-state index is 0.203. The largest absolute Gasteiger partial charge is 0.300 e. The number of ketones is 1. The Bertz CT molecular complexity index is 318. The minimum absolute atomic E-state index is 0.203. The molecule has 1 aliphatic carbocycles. The number of carbonyl (C=O) groups is 1. The van der Waals surface area contributed by atoms with Crippen molar-refractivity contribution in [3.8, 4) is 0 Å². The Morgan fingerprint density at radius 3 is 2.60 bits per heavy atom. The second-order valence-electron chi connectivity index (χ2n) is 5.23. The van der Waals surface area contributed by atoms with Gasteiger partial charge in [0.05, 0.1) is 0 Å². The molecule has 0 fully saturated rings. The van der Waals surface area contributed by atoms with Crippen LogP contribution in [0.1, 0.15) is 47.5 Å². The average Bonchev–Trinajstić information content (AvgIpc) is 2.11. The lowest BCUT2D eigenvalue weighted by Gasteiger charge is -2.37. The van der Waals surface area contributed by atoms with Gasteiger partial charge >= 0.3 is 0 Å². The molecule has 0 saturated carbocycles. The van der Waals surface area contributed by atoms with Crippen molar-refractivity contribution in [2.45, 2.75) is 47.5 Å². The van der Waals surface area contributed by atoms with Gasteiger partial charge < -0.3 is 4.79 Å². The molecule has 0 heterocycles. The van der Waals surface area contributed by atoms with Crippen LogP contribution in [-0.2, 0) is 4.79 Å². The summed E-state index contributed by atoms with van der Waals surface area (Å²) in [5, 5.41) is 0. The van der Waals surface area contributed by atoms with Crippen molar-refractivity contribution in [2.24, 2.45) is 11.3 Å². The fourth-order valence-electron chi connectivity index (χ4n) is 2.23. The van der Waals surface area contributed by atoms with Crippen molar-refractivity contribution < 1.29 is 4.79 Å². The summed E-state index contributed by atoms with van der Waals surface area (Å²) in [6, 6.07) is 0. The summed E-state index contributed by atoms with van der Waals surface area (Å²) < 4.78 is 0. The predicted molar refractivity (Wildman–Crippen MR) is 64.7 cm³/mol. The highest BCUT2D eigenvalue weighted by Gasteiger charge is 2.31. The van der Waals surface area contributed by atoms with Crippen molar-refractivity contribution in [3.63, 3.8) is 0 Å². The maximum atomic E-state index is 11.0. The lowest BCUT2D eigenvalue weighted by molar-refractivity contribution is -0.117. The monoisotopic (exact) mass is 206 g/mol. The molecule has 1 nitrogen and oxygen atoms in total. The molecule has 0 aliphatic heterocycles. The number of carbonyl (C=O) groups excluding carboxylic acids is 1. The molecule has 0 spiro atoms. The van der Waals surface area contributed by atoms with Gasteiger partial charge in [-0.15, -0.1) is 0 Å². The molecular weight excluding hydrogens is 184 g/mol. The van der Waals surface area contributed by atoms with Gasteiger partial charge in [-0.25, -0.2) is 0 Å². The van der Waals surface area contributed by atoms with E-state index in [1.807, 2.05) is 0 Å². The van der Waals surface area contributed by atoms with Crippen molar-refractivity contribution in [1.29, 1.82) is 0 Å². The van der Waals surface area contributed by atoms with Crippen molar-refractivity contribution in [1.82, 2.24) is 0 Å². The minimum Gasteiger partial charge on any atom is -0.300 e. The van der Waals surface area contributed by atoms with E-state index in [0.29, 0.717) is 12.3 Å². The standard InChI is InChI=1S/C14H22O/c1-10-6-7-11(2)14(4,5)13(10)9-8-12(3)15/h6-7,11H,8-9H2,1-5H3. The van der Waals surface area contributed by atoms with Gasteiger partial charge in [-0.05, 0) is 31.6 Å². The molecule has 0 bridgehead atoms. The molecule has 0 aromatic carbocycles. The summed E-state index contributed by atoms with van der Waals surface area (Å²) in [6.45, 7) is 10.6. The van der Waals surface area contributed by atoms with Crippen LogP contribution in [-0.4, -0.2) is 5.78 Å². The van der Waals surface area contributed by atoms with Crippen LogP contribution in [0.4, 0.5) is 0 Å². The summed E-state index contributed by atoms with van der Waals surface area (Å²) in [7, 11) is 0. The molecule has 0 radical (unpaired) electrons. The first-order chi connectivity index (χ1) is 6.85. The zero-order valence-electron chi connectivity index (χ0n) is 10.6. The summed E-state index contributed by atoms with van der Waals surface area (Å²) in [6.07, 6.45) is 6.07. The maximum Gasteiger partial charge on any atom is 0.130 e. The van der Waals surface area contributed by atoms with E-state index in [9.17, 15) is 4.79 Å². The van der Waals surface area contributed by atoms with E-state index in [1.54, 1.807) is 6.92 Å². The van der Waals surface area contributed by atoms with Gasteiger partial charge in [0.15, 0.2) is 0 Å². The lowest BCUT2D eigenvalue weighted by atomic mass is 9.68. The third kappa shape index (κ3) is 2.58. The van der Waals surface area contributed by atoms with Crippen LogP contribution < -0.4 is 0 Å². The van der Waals surface area contributed by atoms with E-state index in [-0.39, 0.29) is 11.2 Å². The third-order valence-electron chi connectivity index (χ3n) is 3.75. The van der Waals surface area contributed by atoms with Crippen LogP contribution in [0.5, 0.6) is 0 Å². The Morgan fingerprint density at radius 2 is 2.07 bits per heavy atom. The smallest absolute Gasteiger partial charge is 0.130 e. The van der Waals surface area contributed by atoms with Crippen LogP contribution in [0.25, 0.3) is 0 Å². The Labute approximate surface area is 93.3 Å². The molecule has 84 valence electrons. The lowest BCUT2D eigenvalue weighted by Crippen LogP contribution is -2.26. The Kier molecular flexibility index (Phi) is 3.54. The third-order valence-corrected chi connectivity index (χ3v) is 3.75. The molecule has 1 aliphatic rings. The number of Topliss-reactive ketones (excluding diaryl/α,β-unsaturated/α-hetero) is 1. The van der Waals surface area contributed by atoms with Crippen molar-refractivity contribution in [2.75, 3.05) is 0 Å². The molecule has 1 unspecified atom stereocenters. The topological polar surface area (TPSA) is 17.1 Å². The highest BCUT2D eigenvalue weighted by molar-refractivity contribution is 5.75. The molecule has 0 amide bonds. The molecule has 0 N–H and O–H groups in total. The van der Waals surface area contributed by atoms with Crippen LogP contribution in [0.2, 0.25) is 0 Å². The van der Waals surface area contributed by atoms with E-state index in [1.165, 1.54) is 11.1 Å². The Hall–Kier alpha value is -0.850. The maximum absolute atomic E-state index is 11.0. The number of allylic oxidation sites excluding steroid dienone is 4. The fourth-order valence-corrected chi connectivity index (χ4v) is 2.23. The Morgan fingerprint density at radius 1 is 1.47 bits per heavy atom. The quantitative estimate of drug-likeness (QED) is 0.684. The highest BCUT2D eigenvalue weighted by atomic mass is 16.1. The SMILES string of the molecule is CC(=O)CCC1=C(C)C=CC(C)C1(C)C. The van der Waals surface area contributed by atoms with E-state index < -0.39 is 0 Å². The first-order valence-corrected chi connectivity index (χ1v) is 5.73. The second-order valence-corrected chi connectivity index (χ2v) is 5.23. The fraction of sp³-hybridized carbons (Fsp3) is 0.643. The summed E-state index contributed by atoms with van der Waals surface area (Å²) in [5.41, 5.74) is 3.00.